The molecule has 0 unspecified atom stereocenters. The fraction of sp³-hybridized carbons (Fsp3) is 0.290. The third-order valence-corrected chi connectivity index (χ3v) is 6.56. The highest BCUT2D eigenvalue weighted by atomic mass is 19.1. The average molecular weight is 520 g/mol. The molecule has 0 fully saturated rings. The van der Waals surface area contributed by atoms with Gasteiger partial charge in [-0.15, -0.1) is 0 Å². The Bertz CT molecular complexity index is 1220. The molecule has 1 N–H and O–H groups in total. The van der Waals surface area contributed by atoms with Gasteiger partial charge in [0.05, 0.1) is 20.8 Å². The van der Waals surface area contributed by atoms with Crippen LogP contribution in [0.4, 0.5) is 4.39 Å². The molecule has 6 nitrogen and oxygen atoms in total. The predicted molar refractivity (Wildman–Crippen MR) is 144 cm³/mol. The Morgan fingerprint density at radius 2 is 1.34 bits per heavy atom. The molecule has 38 heavy (non-hydrogen) atoms. The zero-order valence-corrected chi connectivity index (χ0v) is 22.0. The predicted octanol–water partition coefficient (Wildman–Crippen LogP) is 5.76. The molecule has 0 atom stereocenters. The van der Waals surface area contributed by atoms with E-state index in [0.29, 0.717) is 53.8 Å². The van der Waals surface area contributed by atoms with Gasteiger partial charge in [-0.25, -0.2) is 4.39 Å². The number of hydrogen-bond donors (Lipinski definition) is 1. The van der Waals surface area contributed by atoms with Gasteiger partial charge in [-0.2, -0.15) is 0 Å². The van der Waals surface area contributed by atoms with Crippen molar-refractivity contribution in [2.45, 2.75) is 25.1 Å². The third kappa shape index (κ3) is 6.42. The summed E-state index contributed by atoms with van der Waals surface area (Å²) in [4.78, 5) is 2.22. The van der Waals surface area contributed by atoms with Gasteiger partial charge >= 0.3 is 0 Å². The minimum absolute atomic E-state index is 0.258. The summed E-state index contributed by atoms with van der Waals surface area (Å²) >= 11 is 0. The fourth-order valence-electron chi connectivity index (χ4n) is 4.49. The van der Waals surface area contributed by atoms with Crippen molar-refractivity contribution >= 4 is 0 Å². The average Bonchev–Trinajstić information content (AvgIpc) is 3.43. The lowest BCUT2D eigenvalue weighted by Crippen LogP contribution is -2.28. The molecule has 7 heteroatoms. The van der Waals surface area contributed by atoms with Crippen LogP contribution >= 0.6 is 0 Å². The van der Waals surface area contributed by atoms with Crippen LogP contribution in [0.5, 0.6) is 11.5 Å². The molecule has 200 valence electrons. The Hall–Kier alpha value is -3.65. The van der Waals surface area contributed by atoms with Crippen molar-refractivity contribution in [2.75, 3.05) is 34.5 Å². The van der Waals surface area contributed by atoms with Crippen LogP contribution < -0.4 is 9.47 Å². The Labute approximate surface area is 223 Å². The van der Waals surface area contributed by atoms with E-state index in [-0.39, 0.29) is 5.82 Å². The molecule has 1 aromatic heterocycles. The summed E-state index contributed by atoms with van der Waals surface area (Å²) < 4.78 is 35.6. The Morgan fingerprint density at radius 3 is 1.87 bits per heavy atom. The SMILES string of the molecule is COCCCN(Cc1ccc(F)cc1)Cc1ccc(C(O)(c2ccc(OC)cc2)c2ccc(OC)cc2)o1. The Morgan fingerprint density at radius 1 is 0.763 bits per heavy atom. The highest BCUT2D eigenvalue weighted by molar-refractivity contribution is 5.46. The van der Waals surface area contributed by atoms with Crippen molar-refractivity contribution in [3.05, 3.63) is 119 Å². The smallest absolute Gasteiger partial charge is 0.173 e. The van der Waals surface area contributed by atoms with Gasteiger partial charge in [-0.05, 0) is 71.6 Å². The molecule has 0 bridgehead atoms. The maximum absolute atomic E-state index is 13.4. The second kappa shape index (κ2) is 12.7. The van der Waals surface area contributed by atoms with Crippen molar-refractivity contribution in [3.8, 4) is 11.5 Å². The van der Waals surface area contributed by atoms with Gasteiger partial charge < -0.3 is 23.7 Å². The molecular weight excluding hydrogens is 485 g/mol. The van der Waals surface area contributed by atoms with E-state index in [0.717, 1.165) is 18.5 Å². The van der Waals surface area contributed by atoms with Crippen LogP contribution in [0.3, 0.4) is 0 Å². The second-order valence-corrected chi connectivity index (χ2v) is 9.12. The van der Waals surface area contributed by atoms with E-state index in [9.17, 15) is 9.50 Å². The number of aliphatic hydroxyl groups is 1. The van der Waals surface area contributed by atoms with Crippen LogP contribution in [0.25, 0.3) is 0 Å². The largest absolute Gasteiger partial charge is 0.497 e. The summed E-state index contributed by atoms with van der Waals surface area (Å²) in [5.41, 5.74) is 0.762. The lowest BCUT2D eigenvalue weighted by Gasteiger charge is -2.28. The number of rotatable bonds is 13. The first-order chi connectivity index (χ1) is 18.5. The number of nitrogens with zero attached hydrogens (tertiary/aromatic N) is 1. The standard InChI is InChI=1S/C31H34FNO5/c1-35-20-4-19-33(21-23-5-11-26(32)12-6-23)22-29-17-18-30(38-29)31(34,24-7-13-27(36-2)14-8-24)25-9-15-28(37-3)16-10-25/h5-18,34H,4,19-22H2,1-3H3. The lowest BCUT2D eigenvalue weighted by atomic mass is 9.84. The summed E-state index contributed by atoms with van der Waals surface area (Å²) in [5, 5.41) is 12.2. The highest BCUT2D eigenvalue weighted by Crippen LogP contribution is 2.39. The molecule has 4 aromatic rings. The zero-order valence-electron chi connectivity index (χ0n) is 22.0. The van der Waals surface area contributed by atoms with Crippen molar-refractivity contribution in [3.63, 3.8) is 0 Å². The molecule has 1 heterocycles. The summed E-state index contributed by atoms with van der Waals surface area (Å²) in [7, 11) is 4.89. The van der Waals surface area contributed by atoms with Gasteiger partial charge in [0, 0.05) is 26.8 Å². The Kier molecular flexibility index (Phi) is 9.18. The fourth-order valence-corrected chi connectivity index (χ4v) is 4.49. The molecule has 0 aliphatic heterocycles. The van der Waals surface area contributed by atoms with E-state index < -0.39 is 5.60 Å². The van der Waals surface area contributed by atoms with Crippen molar-refractivity contribution < 1.29 is 28.1 Å². The van der Waals surface area contributed by atoms with Gasteiger partial charge in [0.15, 0.2) is 5.60 Å². The number of benzene rings is 3. The minimum atomic E-state index is -1.53. The number of methoxy groups -OCH3 is 3. The van der Waals surface area contributed by atoms with Crippen LogP contribution in [0.2, 0.25) is 0 Å². The minimum Gasteiger partial charge on any atom is -0.497 e. The lowest BCUT2D eigenvalue weighted by molar-refractivity contribution is 0.0946. The normalized spacial score (nSPS) is 11.6. The number of halogens is 1. The quantitative estimate of drug-likeness (QED) is 0.227. The molecule has 0 spiro atoms. The maximum atomic E-state index is 13.4. The molecule has 0 aliphatic carbocycles. The monoisotopic (exact) mass is 519 g/mol. The number of hydrogen-bond acceptors (Lipinski definition) is 6. The molecule has 0 saturated heterocycles. The van der Waals surface area contributed by atoms with E-state index in [1.165, 1.54) is 12.1 Å². The van der Waals surface area contributed by atoms with Crippen LogP contribution in [0.1, 0.15) is 34.6 Å². The summed E-state index contributed by atoms with van der Waals surface area (Å²) in [6.45, 7) is 2.55. The van der Waals surface area contributed by atoms with Gasteiger partial charge in [-0.3, -0.25) is 4.90 Å². The molecule has 0 aliphatic rings. The summed E-state index contributed by atoms with van der Waals surface area (Å²) in [6, 6.07) is 24.8. The van der Waals surface area contributed by atoms with Crippen LogP contribution in [-0.4, -0.2) is 44.5 Å². The first-order valence-electron chi connectivity index (χ1n) is 12.5. The van der Waals surface area contributed by atoms with Crippen LogP contribution in [-0.2, 0) is 23.4 Å². The number of furan rings is 1. The van der Waals surface area contributed by atoms with Gasteiger partial charge in [0.1, 0.15) is 28.8 Å². The second-order valence-electron chi connectivity index (χ2n) is 9.12. The van der Waals surface area contributed by atoms with Crippen molar-refractivity contribution in [1.82, 2.24) is 4.90 Å². The van der Waals surface area contributed by atoms with Crippen molar-refractivity contribution in [1.29, 1.82) is 0 Å². The maximum Gasteiger partial charge on any atom is 0.173 e. The third-order valence-electron chi connectivity index (χ3n) is 6.56. The topological polar surface area (TPSA) is 64.3 Å². The zero-order chi connectivity index (χ0) is 27.0. The van der Waals surface area contributed by atoms with Crippen LogP contribution in [0, 0.1) is 5.82 Å². The van der Waals surface area contributed by atoms with Gasteiger partial charge in [0.25, 0.3) is 0 Å². The van der Waals surface area contributed by atoms with E-state index in [2.05, 4.69) is 4.90 Å². The van der Waals surface area contributed by atoms with Crippen LogP contribution in [0.15, 0.2) is 89.3 Å². The van der Waals surface area contributed by atoms with E-state index in [1.54, 1.807) is 33.5 Å². The Balaban J connectivity index is 1.64. The number of ether oxygens (including phenoxy) is 3. The summed E-state index contributed by atoms with van der Waals surface area (Å²) in [6.07, 6.45) is 0.840. The van der Waals surface area contributed by atoms with Gasteiger partial charge in [0.2, 0.25) is 0 Å². The molecular formula is C31H34FNO5. The first kappa shape index (κ1) is 27.4. The molecule has 0 radical (unpaired) electrons. The molecule has 0 amide bonds. The van der Waals surface area contributed by atoms with E-state index in [4.69, 9.17) is 18.6 Å². The molecule has 0 saturated carbocycles. The molecule has 3 aromatic carbocycles. The van der Waals surface area contributed by atoms with E-state index in [1.807, 2.05) is 60.7 Å². The van der Waals surface area contributed by atoms with E-state index >= 15 is 0 Å². The van der Waals surface area contributed by atoms with Crippen molar-refractivity contribution in [2.24, 2.45) is 0 Å². The molecule has 4 rings (SSSR count). The summed E-state index contributed by atoms with van der Waals surface area (Å²) in [5.74, 6) is 2.24. The first-order valence-corrected chi connectivity index (χ1v) is 12.5. The van der Waals surface area contributed by atoms with Gasteiger partial charge in [-0.1, -0.05) is 36.4 Å². The highest BCUT2D eigenvalue weighted by Gasteiger charge is 2.37.